The van der Waals surface area contributed by atoms with E-state index in [1.165, 1.54) is 5.56 Å². The van der Waals surface area contributed by atoms with Gasteiger partial charge in [-0.2, -0.15) is 5.10 Å². The van der Waals surface area contributed by atoms with Crippen LogP contribution < -0.4 is 10.7 Å². The number of hydrogen-bond donors (Lipinski definition) is 2. The molecule has 6 heteroatoms. The molecule has 0 aliphatic carbocycles. The molecule has 0 radical (unpaired) electrons. The Balaban J connectivity index is 2.48. The number of carbonyl (C=O) groups excluding carboxylic acids is 1. The fourth-order valence-corrected chi connectivity index (χ4v) is 1.88. The lowest BCUT2D eigenvalue weighted by Crippen LogP contribution is -2.29. The van der Waals surface area contributed by atoms with Crippen molar-refractivity contribution in [2.24, 2.45) is 5.10 Å². The summed E-state index contributed by atoms with van der Waals surface area (Å²) < 4.78 is 4.91. The zero-order chi connectivity index (χ0) is 16.4. The Morgan fingerprint density at radius 3 is 2.59 bits per heavy atom. The average Bonchev–Trinajstić information content (AvgIpc) is 2.53. The molecule has 0 saturated heterocycles. The molecule has 0 atom stereocenters. The minimum atomic E-state index is -0.131. The van der Waals surface area contributed by atoms with Gasteiger partial charge in [-0.05, 0) is 50.0 Å². The van der Waals surface area contributed by atoms with E-state index in [2.05, 4.69) is 28.0 Å². The van der Waals surface area contributed by atoms with Crippen LogP contribution in [0, 0.1) is 0 Å². The first-order chi connectivity index (χ1) is 10.6. The van der Waals surface area contributed by atoms with E-state index in [1.807, 2.05) is 26.0 Å². The molecule has 1 rings (SSSR count). The highest BCUT2D eigenvalue weighted by Gasteiger charge is 2.03. The molecular weight excluding hydrogens is 298 g/mol. The molecular formula is C16H23N3O2S. The molecule has 2 N–H and O–H groups in total. The second-order valence-corrected chi connectivity index (χ2v) is 5.15. The first-order valence-electron chi connectivity index (χ1n) is 7.33. The molecule has 0 saturated carbocycles. The van der Waals surface area contributed by atoms with E-state index in [4.69, 9.17) is 17.0 Å². The van der Waals surface area contributed by atoms with Crippen molar-refractivity contribution in [3.05, 3.63) is 35.4 Å². The van der Waals surface area contributed by atoms with E-state index in [0.29, 0.717) is 18.1 Å². The number of ether oxygens (including phenoxy) is 1. The molecule has 0 aliphatic rings. The van der Waals surface area contributed by atoms with Gasteiger partial charge < -0.3 is 10.1 Å². The summed E-state index contributed by atoms with van der Waals surface area (Å²) in [5.41, 5.74) is 5.84. The Kier molecular flexibility index (Phi) is 8.14. The van der Waals surface area contributed by atoms with Crippen LogP contribution in [0.15, 0.2) is 29.4 Å². The van der Waals surface area contributed by atoms with Crippen LogP contribution in [0.2, 0.25) is 0 Å². The van der Waals surface area contributed by atoms with Crippen molar-refractivity contribution in [1.82, 2.24) is 10.7 Å². The van der Waals surface area contributed by atoms with Crippen molar-refractivity contribution >= 4 is 29.0 Å². The van der Waals surface area contributed by atoms with Gasteiger partial charge in [-0.1, -0.05) is 24.3 Å². The number of nitrogens with one attached hydrogen (secondary N) is 2. The average molecular weight is 321 g/mol. The number of aryl methyl sites for hydroxylation is 1. The van der Waals surface area contributed by atoms with E-state index in [0.717, 1.165) is 24.1 Å². The number of hydrogen-bond acceptors (Lipinski definition) is 4. The largest absolute Gasteiger partial charge is 0.466 e. The summed E-state index contributed by atoms with van der Waals surface area (Å²) >= 11 is 4.96. The van der Waals surface area contributed by atoms with Gasteiger partial charge in [-0.3, -0.25) is 10.2 Å². The van der Waals surface area contributed by atoms with Gasteiger partial charge >= 0.3 is 5.97 Å². The van der Waals surface area contributed by atoms with E-state index in [9.17, 15) is 4.79 Å². The summed E-state index contributed by atoms with van der Waals surface area (Å²) in [6, 6.07) is 8.14. The predicted molar refractivity (Wildman–Crippen MR) is 93.0 cm³/mol. The minimum absolute atomic E-state index is 0.131. The lowest BCUT2D eigenvalue weighted by Gasteiger charge is -2.06. The quantitative estimate of drug-likeness (QED) is 0.349. The maximum atomic E-state index is 11.3. The normalized spacial score (nSPS) is 11.0. The maximum absolute atomic E-state index is 11.3. The molecule has 0 amide bonds. The predicted octanol–water partition coefficient (Wildman–Crippen LogP) is 2.39. The molecule has 0 aromatic heterocycles. The Bertz CT molecular complexity index is 527. The highest BCUT2D eigenvalue weighted by molar-refractivity contribution is 7.80. The SMILES string of the molecule is CCOC(=O)CCCc1ccc(/C(C)=N\NC(=S)NC)cc1. The fourth-order valence-electron chi connectivity index (χ4n) is 1.84. The van der Waals surface area contributed by atoms with E-state index < -0.39 is 0 Å². The maximum Gasteiger partial charge on any atom is 0.305 e. The molecule has 120 valence electrons. The Labute approximate surface area is 137 Å². The molecule has 5 nitrogen and oxygen atoms in total. The monoisotopic (exact) mass is 321 g/mol. The van der Waals surface area contributed by atoms with Crippen LogP contribution in [-0.2, 0) is 16.0 Å². The number of carbonyl (C=O) groups is 1. The molecule has 0 fully saturated rings. The summed E-state index contributed by atoms with van der Waals surface area (Å²) in [6.45, 7) is 4.18. The third-order valence-corrected chi connectivity index (χ3v) is 3.37. The van der Waals surface area contributed by atoms with E-state index >= 15 is 0 Å². The van der Waals surface area contributed by atoms with Gasteiger partial charge in [-0.25, -0.2) is 0 Å². The van der Waals surface area contributed by atoms with Crippen LogP contribution in [-0.4, -0.2) is 30.4 Å². The number of hydrazone groups is 1. The van der Waals surface area contributed by atoms with E-state index in [-0.39, 0.29) is 5.97 Å². The first-order valence-corrected chi connectivity index (χ1v) is 7.74. The van der Waals surface area contributed by atoms with Crippen molar-refractivity contribution in [3.8, 4) is 0 Å². The van der Waals surface area contributed by atoms with E-state index in [1.54, 1.807) is 7.05 Å². The van der Waals surface area contributed by atoms with Crippen molar-refractivity contribution in [2.75, 3.05) is 13.7 Å². The number of benzene rings is 1. The van der Waals surface area contributed by atoms with Gasteiger partial charge in [0.2, 0.25) is 0 Å². The van der Waals surface area contributed by atoms with Crippen LogP contribution in [0.5, 0.6) is 0 Å². The zero-order valence-electron chi connectivity index (χ0n) is 13.3. The Hall–Kier alpha value is -1.95. The molecule has 1 aromatic rings. The molecule has 0 unspecified atom stereocenters. The van der Waals surface area contributed by atoms with Crippen LogP contribution in [0.4, 0.5) is 0 Å². The molecule has 0 spiro atoms. The summed E-state index contributed by atoms with van der Waals surface area (Å²) in [5, 5.41) is 7.48. The second-order valence-electron chi connectivity index (χ2n) is 4.74. The summed E-state index contributed by atoms with van der Waals surface area (Å²) in [7, 11) is 1.74. The lowest BCUT2D eigenvalue weighted by atomic mass is 10.0. The topological polar surface area (TPSA) is 62.7 Å². The van der Waals surface area contributed by atoms with Gasteiger partial charge in [0.1, 0.15) is 0 Å². The zero-order valence-corrected chi connectivity index (χ0v) is 14.1. The third-order valence-electron chi connectivity index (χ3n) is 3.08. The van der Waals surface area contributed by atoms with Crippen molar-refractivity contribution in [1.29, 1.82) is 0 Å². The van der Waals surface area contributed by atoms with Crippen molar-refractivity contribution < 1.29 is 9.53 Å². The summed E-state index contributed by atoms with van der Waals surface area (Å²) in [6.07, 6.45) is 2.11. The molecule has 22 heavy (non-hydrogen) atoms. The van der Waals surface area contributed by atoms with Crippen LogP contribution >= 0.6 is 12.2 Å². The minimum Gasteiger partial charge on any atom is -0.466 e. The van der Waals surface area contributed by atoms with Gasteiger partial charge in [-0.15, -0.1) is 0 Å². The molecule has 0 bridgehead atoms. The third kappa shape index (κ3) is 6.67. The van der Waals surface area contributed by atoms with Gasteiger partial charge in [0.05, 0.1) is 12.3 Å². The van der Waals surface area contributed by atoms with Gasteiger partial charge in [0.25, 0.3) is 0 Å². The standard InChI is InChI=1S/C16H23N3O2S/c1-4-21-15(20)7-5-6-13-8-10-14(11-9-13)12(2)18-19-16(22)17-3/h8-11H,4-7H2,1-3H3,(H2,17,19,22)/b18-12-. The Morgan fingerprint density at radius 1 is 1.32 bits per heavy atom. The Morgan fingerprint density at radius 2 is 2.00 bits per heavy atom. The lowest BCUT2D eigenvalue weighted by molar-refractivity contribution is -0.143. The van der Waals surface area contributed by atoms with Crippen LogP contribution in [0.1, 0.15) is 37.8 Å². The first kappa shape index (κ1) is 18.1. The number of thiocarbonyl (C=S) groups is 1. The van der Waals surface area contributed by atoms with Crippen LogP contribution in [0.25, 0.3) is 0 Å². The highest BCUT2D eigenvalue weighted by atomic mass is 32.1. The van der Waals surface area contributed by atoms with Crippen molar-refractivity contribution in [3.63, 3.8) is 0 Å². The summed E-state index contributed by atoms with van der Waals surface area (Å²) in [5.74, 6) is -0.131. The van der Waals surface area contributed by atoms with Crippen LogP contribution in [0.3, 0.4) is 0 Å². The second kappa shape index (κ2) is 9.89. The molecule has 0 aliphatic heterocycles. The number of nitrogens with zero attached hydrogens (tertiary/aromatic N) is 1. The smallest absolute Gasteiger partial charge is 0.305 e. The fraction of sp³-hybridized carbons (Fsp3) is 0.438. The number of rotatable bonds is 7. The van der Waals surface area contributed by atoms with Gasteiger partial charge in [0.15, 0.2) is 5.11 Å². The number of esters is 1. The molecule has 1 aromatic carbocycles. The molecule has 0 heterocycles. The van der Waals surface area contributed by atoms with Gasteiger partial charge in [0, 0.05) is 13.5 Å². The summed E-state index contributed by atoms with van der Waals surface area (Å²) in [4.78, 5) is 11.3. The highest BCUT2D eigenvalue weighted by Crippen LogP contribution is 2.09. The van der Waals surface area contributed by atoms with Crippen molar-refractivity contribution in [2.45, 2.75) is 33.1 Å².